The molecule has 5 rings (SSSR count). The molecule has 3 aliphatic heterocycles. The van der Waals surface area contributed by atoms with Gasteiger partial charge in [0.25, 0.3) is 0 Å². The molecule has 16 heteroatoms. The van der Waals surface area contributed by atoms with Crippen LogP contribution in [0.1, 0.15) is 49.7 Å². The monoisotopic (exact) mass is 747 g/mol. The average Bonchev–Trinajstić information content (AvgIpc) is 3.16. The Morgan fingerprint density at radius 1 is 0.673 bits per heavy atom. The molecule has 290 valence electrons. The molecule has 2 aromatic carbocycles. The van der Waals surface area contributed by atoms with Gasteiger partial charge in [-0.05, 0) is 74.6 Å². The van der Waals surface area contributed by atoms with Crippen LogP contribution >= 0.6 is 0 Å². The van der Waals surface area contributed by atoms with Gasteiger partial charge < -0.3 is 39.6 Å². The zero-order chi connectivity index (χ0) is 38.1. The van der Waals surface area contributed by atoms with Crippen molar-refractivity contribution >= 4 is 18.5 Å². The molecule has 3 aliphatic rings. The van der Waals surface area contributed by atoms with Gasteiger partial charge in [0.15, 0.2) is 12.2 Å². The van der Waals surface area contributed by atoms with Crippen molar-refractivity contribution in [1.82, 2.24) is 15.1 Å². The third-order valence-electron chi connectivity index (χ3n) is 9.15. The lowest BCUT2D eigenvalue weighted by Gasteiger charge is -2.34. The summed E-state index contributed by atoms with van der Waals surface area (Å²) in [6.45, 7) is 3.10. The van der Waals surface area contributed by atoms with Gasteiger partial charge in [-0.2, -0.15) is 26.3 Å². The quantitative estimate of drug-likeness (QED) is 0.229. The van der Waals surface area contributed by atoms with Crippen molar-refractivity contribution in [2.75, 3.05) is 39.3 Å². The van der Waals surface area contributed by atoms with Crippen molar-refractivity contribution in [2.24, 2.45) is 17.8 Å². The average molecular weight is 748 g/mol. The van der Waals surface area contributed by atoms with E-state index in [-0.39, 0.29) is 44.5 Å². The highest BCUT2D eigenvalue weighted by molar-refractivity contribution is 5.68. The Hall–Kier alpha value is -3.89. The van der Waals surface area contributed by atoms with Gasteiger partial charge in [-0.25, -0.2) is 9.59 Å². The number of aliphatic hydroxyl groups is 2. The van der Waals surface area contributed by atoms with Crippen LogP contribution in [-0.2, 0) is 27.5 Å². The molecule has 52 heavy (non-hydrogen) atoms. The van der Waals surface area contributed by atoms with Crippen molar-refractivity contribution < 1.29 is 60.4 Å². The summed E-state index contributed by atoms with van der Waals surface area (Å²) < 4.78 is 83.6. The number of benzene rings is 2. The van der Waals surface area contributed by atoms with E-state index in [0.717, 1.165) is 30.3 Å². The van der Waals surface area contributed by atoms with E-state index >= 15 is 0 Å². The Morgan fingerprint density at radius 2 is 1.04 bits per heavy atom. The lowest BCUT2D eigenvalue weighted by Crippen LogP contribution is -2.45. The first kappa shape index (κ1) is 42.5. The number of nitrogens with one attached hydrogen (secondary N) is 1. The SMILES string of the molecule is O=C(OCc1ccccc1)N1CCC(C(O)C(F)(F)F)CC1.O=CC1CCN(C(=O)OCc2ccccc2)CC1.OC(C1CCNCC1)C(F)(F)F. The summed E-state index contributed by atoms with van der Waals surface area (Å²) in [4.78, 5) is 37.3. The number of carbonyl (C=O) groups is 3. The third kappa shape index (κ3) is 14.6. The Morgan fingerprint density at radius 3 is 1.40 bits per heavy atom. The minimum atomic E-state index is -4.61. The number of ether oxygens (including phenoxy) is 2. The summed E-state index contributed by atoms with van der Waals surface area (Å²) in [5, 5.41) is 21.0. The number of rotatable bonds is 7. The van der Waals surface area contributed by atoms with Gasteiger partial charge >= 0.3 is 24.5 Å². The maximum Gasteiger partial charge on any atom is 0.414 e. The van der Waals surface area contributed by atoms with E-state index in [1.165, 1.54) is 4.90 Å². The summed E-state index contributed by atoms with van der Waals surface area (Å²) >= 11 is 0. The Balaban J connectivity index is 0.000000219. The van der Waals surface area contributed by atoms with Crippen molar-refractivity contribution in [2.45, 2.75) is 76.3 Å². The fraction of sp³-hybridized carbons (Fsp3) is 0.583. The van der Waals surface area contributed by atoms with Crippen LogP contribution in [0.15, 0.2) is 60.7 Å². The lowest BCUT2D eigenvalue weighted by molar-refractivity contribution is -0.222. The van der Waals surface area contributed by atoms with Gasteiger partial charge in [-0.1, -0.05) is 60.7 Å². The maximum atomic E-state index is 12.4. The minimum absolute atomic E-state index is 0.100. The molecular weight excluding hydrogens is 700 g/mol. The standard InChI is InChI=1S/C15H18F3NO3.C14H17NO3.C7H12F3NO/c16-15(17,18)13(20)12-6-8-19(9-7-12)14(21)22-10-11-4-2-1-3-5-11;16-10-12-6-8-15(9-7-12)14(17)18-11-13-4-2-1-3-5-13;8-7(9,10)6(12)5-1-3-11-4-2-5/h1-5,12-13,20H,6-10H2;1-5,10,12H,6-9,11H2;5-6,11-12H,1-4H2. The molecule has 3 heterocycles. The third-order valence-corrected chi connectivity index (χ3v) is 9.15. The van der Waals surface area contributed by atoms with Crippen LogP contribution in [0.25, 0.3) is 0 Å². The van der Waals surface area contributed by atoms with Crippen molar-refractivity contribution in [1.29, 1.82) is 0 Å². The largest absolute Gasteiger partial charge is 0.445 e. The summed E-state index contributed by atoms with van der Waals surface area (Å²) in [6.07, 6.45) is -10.9. The topological polar surface area (TPSA) is 129 Å². The number of likely N-dealkylation sites (tertiary alicyclic amines) is 2. The number of halogens is 6. The molecule has 0 bridgehead atoms. The van der Waals surface area contributed by atoms with Crippen LogP contribution in [0, 0.1) is 17.8 Å². The van der Waals surface area contributed by atoms with Crippen LogP contribution in [0.3, 0.4) is 0 Å². The van der Waals surface area contributed by atoms with Gasteiger partial charge in [-0.3, -0.25) is 0 Å². The van der Waals surface area contributed by atoms with Crippen molar-refractivity contribution in [3.8, 4) is 0 Å². The number of aliphatic hydroxyl groups excluding tert-OH is 2. The van der Waals surface area contributed by atoms with Crippen LogP contribution in [0.4, 0.5) is 35.9 Å². The van der Waals surface area contributed by atoms with E-state index in [4.69, 9.17) is 14.6 Å². The normalized spacial score (nSPS) is 18.8. The molecule has 10 nitrogen and oxygen atoms in total. The smallest absolute Gasteiger partial charge is 0.414 e. The van der Waals surface area contributed by atoms with Gasteiger partial charge in [-0.15, -0.1) is 0 Å². The molecule has 2 atom stereocenters. The van der Waals surface area contributed by atoms with Gasteiger partial charge in [0.1, 0.15) is 19.5 Å². The number of hydrogen-bond acceptors (Lipinski definition) is 8. The van der Waals surface area contributed by atoms with Gasteiger partial charge in [0.05, 0.1) is 0 Å². The predicted molar refractivity (Wildman–Crippen MR) is 178 cm³/mol. The molecule has 0 saturated carbocycles. The number of alkyl halides is 6. The van der Waals surface area contributed by atoms with Crippen molar-refractivity contribution in [3.63, 3.8) is 0 Å². The van der Waals surface area contributed by atoms with E-state index in [2.05, 4.69) is 5.32 Å². The molecule has 0 spiro atoms. The molecule has 2 unspecified atom stereocenters. The fourth-order valence-electron chi connectivity index (χ4n) is 5.93. The summed E-state index contributed by atoms with van der Waals surface area (Å²) in [6, 6.07) is 18.7. The van der Waals surface area contributed by atoms with Crippen LogP contribution in [0.5, 0.6) is 0 Å². The number of hydrogen-bond donors (Lipinski definition) is 3. The lowest BCUT2D eigenvalue weighted by atomic mass is 9.91. The molecule has 0 aromatic heterocycles. The Kier molecular flexibility index (Phi) is 17.1. The van der Waals surface area contributed by atoms with Crippen LogP contribution < -0.4 is 5.32 Å². The van der Waals surface area contributed by atoms with E-state index in [1.807, 2.05) is 60.7 Å². The number of carbonyl (C=O) groups excluding carboxylic acids is 3. The zero-order valence-corrected chi connectivity index (χ0v) is 28.7. The second kappa shape index (κ2) is 21.0. The molecule has 3 saturated heterocycles. The van der Waals surface area contributed by atoms with E-state index in [0.29, 0.717) is 45.6 Å². The van der Waals surface area contributed by atoms with Crippen LogP contribution in [-0.4, -0.2) is 102 Å². The second-order valence-electron chi connectivity index (χ2n) is 12.9. The highest BCUT2D eigenvalue weighted by Crippen LogP contribution is 2.32. The molecule has 3 N–H and O–H groups in total. The first-order valence-corrected chi connectivity index (χ1v) is 17.3. The highest BCUT2D eigenvalue weighted by atomic mass is 19.4. The number of nitrogens with zero attached hydrogens (tertiary/aromatic N) is 2. The zero-order valence-electron chi connectivity index (χ0n) is 28.7. The van der Waals surface area contributed by atoms with Gasteiger partial charge in [0, 0.05) is 32.1 Å². The molecule has 2 aromatic rings. The summed E-state index contributed by atoms with van der Waals surface area (Å²) in [7, 11) is 0. The second-order valence-corrected chi connectivity index (χ2v) is 12.9. The first-order chi connectivity index (χ1) is 24.7. The Bertz CT molecular complexity index is 1330. The predicted octanol–water partition coefficient (Wildman–Crippen LogP) is 6.10. The van der Waals surface area contributed by atoms with Crippen molar-refractivity contribution in [3.05, 3.63) is 71.8 Å². The Labute approximate surface area is 299 Å². The van der Waals surface area contributed by atoms with E-state index < -0.39 is 42.5 Å². The fourth-order valence-corrected chi connectivity index (χ4v) is 5.93. The van der Waals surface area contributed by atoms with Crippen LogP contribution in [0.2, 0.25) is 0 Å². The number of amides is 2. The molecule has 0 aliphatic carbocycles. The first-order valence-electron chi connectivity index (χ1n) is 17.3. The molecule has 3 fully saturated rings. The van der Waals surface area contributed by atoms with Gasteiger partial charge in [0.2, 0.25) is 0 Å². The van der Waals surface area contributed by atoms with E-state index in [9.17, 15) is 45.8 Å². The molecular formula is C36H47F6N3O7. The summed E-state index contributed by atoms with van der Waals surface area (Å²) in [5.74, 6) is -1.38. The highest BCUT2D eigenvalue weighted by Gasteiger charge is 2.45. The number of piperidine rings is 3. The molecule has 2 amide bonds. The number of aldehydes is 1. The maximum absolute atomic E-state index is 12.4. The molecule has 0 radical (unpaired) electrons. The minimum Gasteiger partial charge on any atom is -0.445 e. The van der Waals surface area contributed by atoms with E-state index in [1.54, 1.807) is 4.90 Å². The summed E-state index contributed by atoms with van der Waals surface area (Å²) in [5.41, 5.74) is 1.83.